The number of halogens is 1. The van der Waals surface area contributed by atoms with E-state index in [0.717, 1.165) is 0 Å². The Bertz CT molecular complexity index is 26.3. The highest BCUT2D eigenvalue weighted by Crippen LogP contribution is 2.08. The van der Waals surface area contributed by atoms with Crippen molar-refractivity contribution in [1.29, 1.82) is 0 Å². The number of hydrogen-bond acceptors (Lipinski definition) is 0. The second kappa shape index (κ2) is 3.48. The van der Waals surface area contributed by atoms with Crippen molar-refractivity contribution in [1.82, 2.24) is 0 Å². The summed E-state index contributed by atoms with van der Waals surface area (Å²) in [5.41, 5.74) is -0.641. The Morgan fingerprint density at radius 3 is 1.17 bits per heavy atom. The molecule has 0 aliphatic carbocycles. The van der Waals surface area contributed by atoms with Crippen molar-refractivity contribution in [2.24, 2.45) is 0 Å². The molecular weight excluding hydrogens is 218 g/mol. The zero-order chi connectivity index (χ0) is 4.50. The highest BCUT2D eigenvalue weighted by atomic mass is 127. The number of hydrogen-bond donors (Lipinski definition) is 0. The summed E-state index contributed by atoms with van der Waals surface area (Å²) in [4.78, 5) is 0. The first-order valence-corrected chi connectivity index (χ1v) is 8.30. The Morgan fingerprint density at radius 1 is 1.17 bits per heavy atom. The molecule has 0 amide bonds. The van der Waals surface area contributed by atoms with Crippen LogP contribution >= 0.6 is 21.8 Å². The van der Waals surface area contributed by atoms with E-state index in [1.807, 2.05) is 0 Å². The average molecular weight is 230 g/mol. The van der Waals surface area contributed by atoms with Crippen LogP contribution in [0.15, 0.2) is 0 Å². The minimum atomic E-state index is -0.641. The summed E-state index contributed by atoms with van der Waals surface area (Å²) in [5.74, 6) is 0. The molecule has 3 heteroatoms. The van der Waals surface area contributed by atoms with E-state index in [1.54, 1.807) is 0 Å². The van der Waals surface area contributed by atoms with E-state index in [2.05, 4.69) is 41.4 Å². The fourth-order valence-corrected chi connectivity index (χ4v) is 0. The first-order chi connectivity index (χ1) is 2.00. The average Bonchev–Trinajstić information content (AvgIpc) is 0.722. The summed E-state index contributed by atoms with van der Waals surface area (Å²) in [5, 5.41) is 0. The van der Waals surface area contributed by atoms with Gasteiger partial charge in [0.15, 0.2) is 17.4 Å². The molecule has 0 radical (unpaired) electrons. The van der Waals surface area contributed by atoms with Crippen molar-refractivity contribution >= 4 is 44.7 Å². The fraction of sp³-hybridized carbons (Fsp3) is 1.00. The molecule has 0 N–H and O–H groups in total. The van der Waals surface area contributed by atoms with Gasteiger partial charge in [-0.3, -0.25) is 0 Å². The van der Waals surface area contributed by atoms with Gasteiger partial charge < -0.3 is 0 Å². The van der Waals surface area contributed by atoms with E-state index in [4.69, 9.17) is 0 Å². The lowest BCUT2D eigenvalue weighted by molar-refractivity contribution is 1.90. The summed E-state index contributed by atoms with van der Waals surface area (Å²) in [6, 6.07) is 0. The summed E-state index contributed by atoms with van der Waals surface area (Å²) in [6.45, 7) is 6.94. The van der Waals surface area contributed by atoms with Crippen LogP contribution < -0.4 is 0 Å². The van der Waals surface area contributed by atoms with Crippen molar-refractivity contribution in [2.75, 3.05) is 0 Å². The molecule has 6 heavy (non-hydrogen) atoms. The van der Waals surface area contributed by atoms with Crippen LogP contribution in [0.4, 0.5) is 0 Å². The summed E-state index contributed by atoms with van der Waals surface area (Å²) in [6.07, 6.45) is 0. The van der Waals surface area contributed by atoms with E-state index >= 15 is 0 Å². The molecule has 0 saturated carbocycles. The molecule has 0 aromatic rings. The molecule has 0 spiro atoms. The SMILES string of the molecule is C[Si](C)(C)I.[AlH3]. The largest absolute Gasteiger partial charge is 0.187 e. The molecule has 0 aromatic carbocycles. The molecule has 0 aromatic heterocycles. The van der Waals surface area contributed by atoms with Gasteiger partial charge in [-0.05, 0) is 0 Å². The molecule has 0 atom stereocenters. The van der Waals surface area contributed by atoms with Crippen LogP contribution in [0.2, 0.25) is 19.6 Å². The van der Waals surface area contributed by atoms with E-state index in [9.17, 15) is 0 Å². The molecule has 0 unspecified atom stereocenters. The lowest BCUT2D eigenvalue weighted by atomic mass is 11.8. The van der Waals surface area contributed by atoms with Crippen molar-refractivity contribution in [3.8, 4) is 0 Å². The zero-order valence-electron chi connectivity index (χ0n) is 3.88. The molecule has 0 fully saturated rings. The van der Waals surface area contributed by atoms with Crippen molar-refractivity contribution in [2.45, 2.75) is 19.6 Å². The van der Waals surface area contributed by atoms with E-state index in [1.165, 1.54) is 0 Å². The Kier molecular flexibility index (Phi) is 6.06. The minimum absolute atomic E-state index is 0. The number of rotatable bonds is 0. The maximum absolute atomic E-state index is 2.52. The first-order valence-electron chi connectivity index (χ1n) is 1.69. The summed E-state index contributed by atoms with van der Waals surface area (Å²) >= 11 is 2.52. The van der Waals surface area contributed by atoms with Crippen molar-refractivity contribution in [3.05, 3.63) is 0 Å². The molecule has 0 aliphatic heterocycles. The Morgan fingerprint density at radius 2 is 1.17 bits per heavy atom. The Hall–Kier alpha value is 1.48. The smallest absolute Gasteiger partial charge is 0.120 e. The molecule has 0 aliphatic rings. The van der Waals surface area contributed by atoms with Crippen LogP contribution in [-0.4, -0.2) is 22.9 Å². The van der Waals surface area contributed by atoms with Gasteiger partial charge in [-0.25, -0.2) is 0 Å². The molecule has 0 heterocycles. The van der Waals surface area contributed by atoms with Crippen LogP contribution in [-0.2, 0) is 0 Å². The highest BCUT2D eigenvalue weighted by molar-refractivity contribution is 14.1. The maximum Gasteiger partial charge on any atom is 0.187 e. The van der Waals surface area contributed by atoms with Crippen LogP contribution in [0.3, 0.4) is 0 Å². The minimum Gasteiger partial charge on any atom is -0.120 e. The van der Waals surface area contributed by atoms with Gasteiger partial charge in [-0.15, -0.1) is 21.8 Å². The summed E-state index contributed by atoms with van der Waals surface area (Å²) < 4.78 is 0. The van der Waals surface area contributed by atoms with Crippen LogP contribution in [0.1, 0.15) is 0 Å². The highest BCUT2D eigenvalue weighted by Gasteiger charge is 2.02. The van der Waals surface area contributed by atoms with Gasteiger partial charge in [0, 0.05) is 0 Å². The van der Waals surface area contributed by atoms with Crippen LogP contribution in [0.5, 0.6) is 0 Å². The Balaban J connectivity index is 0. The molecule has 0 rings (SSSR count). The monoisotopic (exact) mass is 230 g/mol. The second-order valence-electron chi connectivity index (χ2n) is 2.07. The molecular formula is C3H12AlISi. The third-order valence-electron chi connectivity index (χ3n) is 0. The molecule has 0 saturated heterocycles. The second-order valence-corrected chi connectivity index (χ2v) is 15.9. The van der Waals surface area contributed by atoms with E-state index in [-0.39, 0.29) is 17.4 Å². The normalized spacial score (nSPS) is 10.0. The Labute approximate surface area is 64.1 Å². The van der Waals surface area contributed by atoms with Gasteiger partial charge in [0.25, 0.3) is 0 Å². The van der Waals surface area contributed by atoms with Gasteiger partial charge in [0.1, 0.15) is 5.57 Å². The van der Waals surface area contributed by atoms with Crippen molar-refractivity contribution in [3.63, 3.8) is 0 Å². The van der Waals surface area contributed by atoms with Crippen molar-refractivity contribution < 1.29 is 0 Å². The van der Waals surface area contributed by atoms with Gasteiger partial charge in [0.2, 0.25) is 0 Å². The molecule has 0 bridgehead atoms. The third-order valence-corrected chi connectivity index (χ3v) is 0. The van der Waals surface area contributed by atoms with Gasteiger partial charge in [-0.1, -0.05) is 19.6 Å². The van der Waals surface area contributed by atoms with Gasteiger partial charge in [0.05, 0.1) is 0 Å². The van der Waals surface area contributed by atoms with E-state index < -0.39 is 5.57 Å². The quantitative estimate of drug-likeness (QED) is 0.332. The van der Waals surface area contributed by atoms with Crippen LogP contribution in [0.25, 0.3) is 0 Å². The standard InChI is InChI=1S/C3H9ISi.Al.3H/c1-5(2,3)4;;;;/h1-3H3;;;;. The predicted molar refractivity (Wildman–Crippen MR) is 47.3 cm³/mol. The summed E-state index contributed by atoms with van der Waals surface area (Å²) in [7, 11) is 0. The third kappa shape index (κ3) is 50.2. The molecule has 38 valence electrons. The first kappa shape index (κ1) is 10.5. The van der Waals surface area contributed by atoms with Gasteiger partial charge in [-0.2, -0.15) is 0 Å². The van der Waals surface area contributed by atoms with Crippen LogP contribution in [0, 0.1) is 0 Å². The zero-order valence-corrected chi connectivity index (χ0v) is 7.04. The fourth-order valence-electron chi connectivity index (χ4n) is 0. The molecule has 0 nitrogen and oxygen atoms in total. The predicted octanol–water partition coefficient (Wildman–Crippen LogP) is 1.07. The topological polar surface area (TPSA) is 0 Å². The lowest BCUT2D eigenvalue weighted by Gasteiger charge is -1.98. The maximum atomic E-state index is 2.52. The lowest BCUT2D eigenvalue weighted by Crippen LogP contribution is -2.05. The van der Waals surface area contributed by atoms with Gasteiger partial charge >= 0.3 is 0 Å². The van der Waals surface area contributed by atoms with E-state index in [0.29, 0.717) is 0 Å².